The fraction of sp³-hybridized carbons (Fsp3) is 0.263. The van der Waals surface area contributed by atoms with E-state index in [1.807, 2.05) is 0 Å². The van der Waals surface area contributed by atoms with Gasteiger partial charge in [0.2, 0.25) is 0 Å². The molecule has 3 aromatic rings. The maximum Gasteiger partial charge on any atom is 0.416 e. The molecule has 1 N–H and O–H groups in total. The van der Waals surface area contributed by atoms with Crippen molar-refractivity contribution in [3.05, 3.63) is 64.5 Å². The van der Waals surface area contributed by atoms with Crippen LogP contribution >= 0.6 is 0 Å². The van der Waals surface area contributed by atoms with Crippen molar-refractivity contribution in [2.24, 2.45) is 0 Å². The highest BCUT2D eigenvalue weighted by molar-refractivity contribution is 6.01. The molecule has 1 aromatic heterocycles. The highest BCUT2D eigenvalue weighted by atomic mass is 19.4. The Morgan fingerprint density at radius 1 is 1.21 bits per heavy atom. The number of ether oxygens (including phenoxy) is 1. The monoisotopic (exact) mass is 415 g/mol. The zero-order chi connectivity index (χ0) is 21.2. The summed E-state index contributed by atoms with van der Waals surface area (Å²) in [5.41, 5.74) is -2.05. The molecule has 1 heterocycles. The molecule has 0 aliphatic heterocycles. The van der Waals surface area contributed by atoms with Gasteiger partial charge in [-0.25, -0.2) is 13.8 Å². The van der Waals surface area contributed by atoms with Gasteiger partial charge < -0.3 is 14.3 Å². The van der Waals surface area contributed by atoms with Gasteiger partial charge in [-0.05, 0) is 23.8 Å². The van der Waals surface area contributed by atoms with Crippen LogP contribution in [0.2, 0.25) is 0 Å². The van der Waals surface area contributed by atoms with Crippen LogP contribution in [-0.4, -0.2) is 35.7 Å². The SMILES string of the molecule is O=C(COCCO)c1cc2ocnc2c(F)c1Cc1ccc(C(F)(F)F)cc1F. The first-order chi connectivity index (χ1) is 13.7. The molecule has 0 saturated heterocycles. The summed E-state index contributed by atoms with van der Waals surface area (Å²) in [4.78, 5) is 16.1. The molecular formula is C19H14F5NO4. The first kappa shape index (κ1) is 20.9. The van der Waals surface area contributed by atoms with E-state index < -0.39 is 42.2 Å². The first-order valence-corrected chi connectivity index (χ1v) is 8.34. The van der Waals surface area contributed by atoms with Gasteiger partial charge in [0.25, 0.3) is 0 Å². The van der Waals surface area contributed by atoms with E-state index in [4.69, 9.17) is 14.3 Å². The van der Waals surface area contributed by atoms with Crippen LogP contribution < -0.4 is 0 Å². The van der Waals surface area contributed by atoms with E-state index in [1.54, 1.807) is 0 Å². The van der Waals surface area contributed by atoms with Crippen molar-refractivity contribution in [3.63, 3.8) is 0 Å². The number of halogens is 5. The number of aliphatic hydroxyl groups is 1. The number of nitrogens with zero attached hydrogens (tertiary/aromatic N) is 1. The lowest BCUT2D eigenvalue weighted by Gasteiger charge is -2.13. The number of aromatic nitrogens is 1. The van der Waals surface area contributed by atoms with E-state index in [0.717, 1.165) is 12.5 Å². The topological polar surface area (TPSA) is 72.6 Å². The molecule has 2 aromatic carbocycles. The normalized spacial score (nSPS) is 11.9. The largest absolute Gasteiger partial charge is 0.443 e. The van der Waals surface area contributed by atoms with Crippen LogP contribution in [0, 0.1) is 11.6 Å². The van der Waals surface area contributed by atoms with Crippen molar-refractivity contribution >= 4 is 16.9 Å². The predicted octanol–water partition coefficient (Wildman–Crippen LogP) is 3.91. The smallest absolute Gasteiger partial charge is 0.416 e. The van der Waals surface area contributed by atoms with E-state index in [-0.39, 0.29) is 41.0 Å². The van der Waals surface area contributed by atoms with Gasteiger partial charge in [0, 0.05) is 17.5 Å². The Kier molecular flexibility index (Phi) is 5.94. The molecule has 10 heteroatoms. The summed E-state index contributed by atoms with van der Waals surface area (Å²) >= 11 is 0. The number of ketones is 1. The molecule has 0 aliphatic rings. The number of hydrogen-bond acceptors (Lipinski definition) is 5. The number of alkyl halides is 3. The third-order valence-electron chi connectivity index (χ3n) is 4.19. The fourth-order valence-corrected chi connectivity index (χ4v) is 2.79. The second kappa shape index (κ2) is 8.26. The molecule has 0 atom stereocenters. The summed E-state index contributed by atoms with van der Waals surface area (Å²) in [6, 6.07) is 3.10. The van der Waals surface area contributed by atoms with Crippen LogP contribution in [0.1, 0.15) is 27.0 Å². The standard InChI is InChI=1S/C19H14F5NO4/c20-14-6-11(19(22,23)24)2-1-10(14)5-13-12(15(27)8-28-4-3-26)7-16-18(17(13)21)25-9-29-16/h1-2,6-7,9,26H,3-5,8H2. The Hall–Kier alpha value is -2.85. The molecule has 3 rings (SSSR count). The Morgan fingerprint density at radius 3 is 2.62 bits per heavy atom. The van der Waals surface area contributed by atoms with E-state index in [2.05, 4.69) is 4.98 Å². The van der Waals surface area contributed by atoms with Gasteiger partial charge in [-0.15, -0.1) is 0 Å². The number of fused-ring (bicyclic) bond motifs is 1. The number of rotatable bonds is 7. The first-order valence-electron chi connectivity index (χ1n) is 8.34. The van der Waals surface area contributed by atoms with Gasteiger partial charge >= 0.3 is 6.18 Å². The molecule has 29 heavy (non-hydrogen) atoms. The molecule has 5 nitrogen and oxygen atoms in total. The molecule has 0 bridgehead atoms. The van der Waals surface area contributed by atoms with E-state index in [9.17, 15) is 26.7 Å². The van der Waals surface area contributed by atoms with Crippen LogP contribution in [0.4, 0.5) is 22.0 Å². The van der Waals surface area contributed by atoms with Crippen molar-refractivity contribution in [1.29, 1.82) is 0 Å². The lowest BCUT2D eigenvalue weighted by molar-refractivity contribution is -0.137. The summed E-state index contributed by atoms with van der Waals surface area (Å²) in [5, 5.41) is 8.73. The summed E-state index contributed by atoms with van der Waals surface area (Å²) < 4.78 is 77.3. The molecule has 0 aliphatic carbocycles. The minimum Gasteiger partial charge on any atom is -0.443 e. The van der Waals surface area contributed by atoms with Gasteiger partial charge in [0.05, 0.1) is 18.8 Å². The molecule has 0 unspecified atom stereocenters. The number of carbonyl (C=O) groups excluding carboxylic acids is 1. The summed E-state index contributed by atoms with van der Waals surface area (Å²) in [7, 11) is 0. The zero-order valence-electron chi connectivity index (χ0n) is 14.7. The Morgan fingerprint density at radius 2 is 1.97 bits per heavy atom. The molecule has 0 amide bonds. The molecule has 0 radical (unpaired) electrons. The highest BCUT2D eigenvalue weighted by Crippen LogP contribution is 2.32. The average Bonchev–Trinajstić information content (AvgIpc) is 3.13. The number of Topliss-reactive ketones (excluding diaryl/α,β-unsaturated/α-hetero) is 1. The average molecular weight is 415 g/mol. The van der Waals surface area contributed by atoms with Gasteiger partial charge in [-0.2, -0.15) is 13.2 Å². The van der Waals surface area contributed by atoms with Gasteiger partial charge in [-0.1, -0.05) is 6.07 Å². The highest BCUT2D eigenvalue weighted by Gasteiger charge is 2.31. The molecule has 154 valence electrons. The van der Waals surface area contributed by atoms with Crippen LogP contribution in [0.15, 0.2) is 35.1 Å². The van der Waals surface area contributed by atoms with E-state index >= 15 is 0 Å². The Labute approximate surface area is 160 Å². The van der Waals surface area contributed by atoms with Crippen molar-refractivity contribution in [3.8, 4) is 0 Å². The molecular weight excluding hydrogens is 401 g/mol. The zero-order valence-corrected chi connectivity index (χ0v) is 14.7. The van der Waals surface area contributed by atoms with Crippen LogP contribution in [0.5, 0.6) is 0 Å². The van der Waals surface area contributed by atoms with Gasteiger partial charge in [0.15, 0.2) is 23.6 Å². The summed E-state index contributed by atoms with van der Waals surface area (Å²) in [5.74, 6) is -2.80. The minimum atomic E-state index is -4.73. The molecule has 0 spiro atoms. The van der Waals surface area contributed by atoms with Crippen molar-refractivity contribution < 1.29 is 41.0 Å². The quantitative estimate of drug-likeness (QED) is 0.360. The Bertz CT molecular complexity index is 1040. The van der Waals surface area contributed by atoms with Crippen LogP contribution in [0.3, 0.4) is 0 Å². The third-order valence-corrected chi connectivity index (χ3v) is 4.19. The van der Waals surface area contributed by atoms with Gasteiger partial charge in [0.1, 0.15) is 17.9 Å². The maximum atomic E-state index is 14.9. The van der Waals surface area contributed by atoms with Crippen LogP contribution in [-0.2, 0) is 17.3 Å². The van der Waals surface area contributed by atoms with Gasteiger partial charge in [-0.3, -0.25) is 4.79 Å². The number of benzene rings is 2. The van der Waals surface area contributed by atoms with Crippen molar-refractivity contribution in [2.75, 3.05) is 19.8 Å². The maximum absolute atomic E-state index is 14.9. The number of oxazole rings is 1. The predicted molar refractivity (Wildman–Crippen MR) is 90.4 cm³/mol. The van der Waals surface area contributed by atoms with Crippen LogP contribution in [0.25, 0.3) is 11.1 Å². The second-order valence-electron chi connectivity index (χ2n) is 6.10. The van der Waals surface area contributed by atoms with E-state index in [1.165, 1.54) is 6.07 Å². The Balaban J connectivity index is 2.02. The lowest BCUT2D eigenvalue weighted by atomic mass is 9.95. The second-order valence-corrected chi connectivity index (χ2v) is 6.10. The summed E-state index contributed by atoms with van der Waals surface area (Å²) in [6.07, 6.45) is -4.25. The lowest BCUT2D eigenvalue weighted by Crippen LogP contribution is -2.15. The number of aliphatic hydroxyl groups excluding tert-OH is 1. The third kappa shape index (κ3) is 4.43. The molecule has 0 saturated carbocycles. The summed E-state index contributed by atoms with van der Waals surface area (Å²) in [6.45, 7) is -0.934. The van der Waals surface area contributed by atoms with Crippen molar-refractivity contribution in [2.45, 2.75) is 12.6 Å². The number of hydrogen-bond donors (Lipinski definition) is 1. The molecule has 0 fully saturated rings. The fourth-order valence-electron chi connectivity index (χ4n) is 2.79. The minimum absolute atomic E-state index is 0.0235. The number of carbonyl (C=O) groups is 1. The van der Waals surface area contributed by atoms with E-state index in [0.29, 0.717) is 12.1 Å². The van der Waals surface area contributed by atoms with Crippen molar-refractivity contribution in [1.82, 2.24) is 4.98 Å².